The van der Waals surface area contributed by atoms with Gasteiger partial charge in [-0.1, -0.05) is 70.4 Å². The normalized spacial score (nSPS) is 28.3. The Morgan fingerprint density at radius 1 is 0.875 bits per heavy atom. The molecule has 8 heteroatoms. The smallest absolute Gasteiger partial charge is 0.308 e. The molecule has 1 saturated heterocycles. The number of rotatable bonds is 17. The van der Waals surface area contributed by atoms with Crippen LogP contribution in [0.5, 0.6) is 0 Å². The van der Waals surface area contributed by atoms with Crippen molar-refractivity contribution in [2.75, 3.05) is 6.61 Å². The van der Waals surface area contributed by atoms with Crippen molar-refractivity contribution in [2.45, 2.75) is 127 Å². The molecule has 1 aliphatic rings. The molecular weight excluding hydrogens is 416 g/mol. The van der Waals surface area contributed by atoms with E-state index in [1.165, 1.54) is 44.9 Å². The van der Waals surface area contributed by atoms with Gasteiger partial charge in [0.2, 0.25) is 12.1 Å². The lowest BCUT2D eigenvalue weighted by Crippen LogP contribution is -2.66. The third-order valence-electron chi connectivity index (χ3n) is 5.85. The topological polar surface area (TPSA) is 137 Å². The fourth-order valence-electron chi connectivity index (χ4n) is 3.71. The molecule has 0 amide bonds. The van der Waals surface area contributed by atoms with Crippen molar-refractivity contribution < 1.29 is 39.8 Å². The summed E-state index contributed by atoms with van der Waals surface area (Å²) >= 11 is 0. The molecule has 8 nitrogen and oxygen atoms in total. The van der Waals surface area contributed by atoms with Crippen LogP contribution in [0.2, 0.25) is 0 Å². The second-order valence-corrected chi connectivity index (χ2v) is 8.74. The van der Waals surface area contributed by atoms with Crippen molar-refractivity contribution in [3.63, 3.8) is 0 Å². The van der Waals surface area contributed by atoms with Crippen molar-refractivity contribution in [1.82, 2.24) is 0 Å². The van der Waals surface area contributed by atoms with E-state index in [0.29, 0.717) is 6.42 Å². The summed E-state index contributed by atoms with van der Waals surface area (Å²) in [5.41, 5.74) is 0. The maximum absolute atomic E-state index is 12.0. The van der Waals surface area contributed by atoms with Crippen LogP contribution in [0.15, 0.2) is 12.2 Å². The number of allylic oxidation sites excluding steroid dienone is 2. The number of aliphatic hydroxyl groups excluding tert-OH is 4. The number of aliphatic hydroxyl groups is 5. The van der Waals surface area contributed by atoms with Gasteiger partial charge in [0.1, 0.15) is 18.3 Å². The van der Waals surface area contributed by atoms with Crippen molar-refractivity contribution in [1.29, 1.82) is 0 Å². The molecule has 1 rings (SSSR count). The molecule has 5 atom stereocenters. The van der Waals surface area contributed by atoms with Crippen LogP contribution < -0.4 is 0 Å². The van der Waals surface area contributed by atoms with Gasteiger partial charge in [-0.05, 0) is 32.1 Å². The van der Waals surface area contributed by atoms with E-state index in [0.717, 1.165) is 32.1 Å². The summed E-state index contributed by atoms with van der Waals surface area (Å²) in [7, 11) is 0. The van der Waals surface area contributed by atoms with Crippen LogP contribution in [0.4, 0.5) is 0 Å². The number of esters is 1. The van der Waals surface area contributed by atoms with Gasteiger partial charge in [-0.2, -0.15) is 0 Å². The number of ether oxygens (including phenoxy) is 2. The molecule has 188 valence electrons. The zero-order chi connectivity index (χ0) is 23.8. The molecular formula is C24H44O8. The molecule has 32 heavy (non-hydrogen) atoms. The van der Waals surface area contributed by atoms with Gasteiger partial charge in [0, 0.05) is 6.42 Å². The third-order valence-corrected chi connectivity index (χ3v) is 5.85. The molecule has 0 aliphatic carbocycles. The second-order valence-electron chi connectivity index (χ2n) is 8.74. The summed E-state index contributed by atoms with van der Waals surface area (Å²) in [5.74, 6) is -3.15. The van der Waals surface area contributed by atoms with Crippen LogP contribution in [0.3, 0.4) is 0 Å². The molecule has 0 radical (unpaired) electrons. The van der Waals surface area contributed by atoms with Gasteiger partial charge in [0.25, 0.3) is 0 Å². The van der Waals surface area contributed by atoms with Gasteiger partial charge in [0.15, 0.2) is 0 Å². The van der Waals surface area contributed by atoms with Crippen molar-refractivity contribution in [3.8, 4) is 0 Å². The minimum absolute atomic E-state index is 0.112. The standard InChI is InChI=1S/C24H44O8/c1-2-3-4-5-6-7-8-9-10-11-12-13-14-15-16-17-19(26)31-23-21(28)20(27)22(29)24(30,18-25)32-23/h9-10,20-23,25,27-30H,2-8,11-18H2,1H3/b10-9+/t20-,21+,22+,23?,24+/m1/s1. The van der Waals surface area contributed by atoms with Gasteiger partial charge in [-0.15, -0.1) is 0 Å². The monoisotopic (exact) mass is 460 g/mol. The average molecular weight is 461 g/mol. The molecule has 0 aromatic heterocycles. The Morgan fingerprint density at radius 2 is 1.41 bits per heavy atom. The van der Waals surface area contributed by atoms with Crippen LogP contribution in [-0.2, 0) is 14.3 Å². The highest BCUT2D eigenvalue weighted by atomic mass is 16.8. The number of carbonyl (C=O) groups is 1. The Balaban J connectivity index is 2.05. The maximum Gasteiger partial charge on any atom is 0.308 e. The predicted octanol–water partition coefficient (Wildman–Crippen LogP) is 2.69. The van der Waals surface area contributed by atoms with E-state index in [4.69, 9.17) is 14.6 Å². The largest absolute Gasteiger partial charge is 0.433 e. The number of carbonyl (C=O) groups excluding carboxylic acids is 1. The van der Waals surface area contributed by atoms with E-state index in [2.05, 4.69) is 19.1 Å². The molecule has 0 bridgehead atoms. The molecule has 5 N–H and O–H groups in total. The van der Waals surface area contributed by atoms with E-state index < -0.39 is 43.0 Å². The molecule has 1 aliphatic heterocycles. The molecule has 0 spiro atoms. The summed E-state index contributed by atoms with van der Waals surface area (Å²) in [5, 5.41) is 48.4. The third kappa shape index (κ3) is 10.7. The first kappa shape index (κ1) is 29.0. The van der Waals surface area contributed by atoms with Gasteiger partial charge in [0.05, 0.1) is 6.61 Å². The minimum Gasteiger partial charge on any atom is -0.433 e. The van der Waals surface area contributed by atoms with E-state index in [1.807, 2.05) is 0 Å². The SMILES string of the molecule is CCCCCCCC/C=C/CCCCCCCC(=O)OC1O[C@@](O)(CO)[C@@H](O)[C@H](O)[C@@H]1O. The van der Waals surface area contributed by atoms with E-state index in [1.54, 1.807) is 0 Å². The minimum atomic E-state index is -2.51. The highest BCUT2D eigenvalue weighted by Gasteiger charge is 2.54. The van der Waals surface area contributed by atoms with E-state index in [9.17, 15) is 25.2 Å². The summed E-state index contributed by atoms with van der Waals surface area (Å²) in [4.78, 5) is 12.0. The lowest BCUT2D eigenvalue weighted by atomic mass is 9.96. The fraction of sp³-hybridized carbons (Fsp3) is 0.875. The molecule has 1 fully saturated rings. The van der Waals surface area contributed by atoms with E-state index >= 15 is 0 Å². The van der Waals surface area contributed by atoms with Crippen LogP contribution in [0, 0.1) is 0 Å². The lowest BCUT2D eigenvalue weighted by molar-refractivity contribution is -0.390. The second kappa shape index (κ2) is 16.6. The Kier molecular flexibility index (Phi) is 15.0. The Morgan fingerprint density at radius 3 is 1.97 bits per heavy atom. The quantitative estimate of drug-likeness (QED) is 0.127. The molecule has 0 aromatic carbocycles. The van der Waals surface area contributed by atoms with E-state index in [-0.39, 0.29) is 6.42 Å². The highest BCUT2D eigenvalue weighted by molar-refractivity contribution is 5.69. The average Bonchev–Trinajstić information content (AvgIpc) is 2.78. The molecule has 1 heterocycles. The zero-order valence-electron chi connectivity index (χ0n) is 19.5. The summed E-state index contributed by atoms with van der Waals surface area (Å²) in [6, 6.07) is 0. The first-order valence-corrected chi connectivity index (χ1v) is 12.3. The van der Waals surface area contributed by atoms with Gasteiger partial charge in [-0.3, -0.25) is 4.79 Å². The van der Waals surface area contributed by atoms with Crippen LogP contribution in [-0.4, -0.2) is 68.5 Å². The number of hydrogen-bond donors (Lipinski definition) is 5. The van der Waals surface area contributed by atoms with Crippen molar-refractivity contribution in [3.05, 3.63) is 12.2 Å². The van der Waals surface area contributed by atoms with Crippen LogP contribution in [0.1, 0.15) is 96.8 Å². The van der Waals surface area contributed by atoms with Crippen molar-refractivity contribution in [2.24, 2.45) is 0 Å². The number of hydrogen-bond acceptors (Lipinski definition) is 8. The summed E-state index contributed by atoms with van der Waals surface area (Å²) in [6.45, 7) is 1.21. The first-order valence-electron chi connectivity index (χ1n) is 12.3. The number of unbranched alkanes of at least 4 members (excludes halogenated alkanes) is 11. The Bertz CT molecular complexity index is 526. The molecule has 1 unspecified atom stereocenters. The maximum atomic E-state index is 12.0. The molecule has 0 saturated carbocycles. The molecule has 0 aromatic rings. The Labute approximate surface area is 192 Å². The van der Waals surface area contributed by atoms with Gasteiger partial charge < -0.3 is 35.0 Å². The summed E-state index contributed by atoms with van der Waals surface area (Å²) in [6.07, 6.45) is 12.4. The van der Waals surface area contributed by atoms with Crippen LogP contribution >= 0.6 is 0 Å². The van der Waals surface area contributed by atoms with Crippen LogP contribution in [0.25, 0.3) is 0 Å². The Hall–Kier alpha value is -1.03. The summed E-state index contributed by atoms with van der Waals surface area (Å²) < 4.78 is 9.89. The highest BCUT2D eigenvalue weighted by Crippen LogP contribution is 2.28. The fourth-order valence-corrected chi connectivity index (χ4v) is 3.71. The van der Waals surface area contributed by atoms with Gasteiger partial charge in [-0.25, -0.2) is 0 Å². The lowest BCUT2D eigenvalue weighted by Gasteiger charge is -2.43. The predicted molar refractivity (Wildman–Crippen MR) is 120 cm³/mol. The van der Waals surface area contributed by atoms with Crippen molar-refractivity contribution >= 4 is 5.97 Å². The van der Waals surface area contributed by atoms with Gasteiger partial charge >= 0.3 is 5.97 Å². The zero-order valence-corrected chi connectivity index (χ0v) is 19.5. The first-order chi connectivity index (χ1) is 15.4.